The standard InChI is InChI=1S/C11H10BN3O2/c1-8-6-15(7-14-8)10-2-3-11(12(16)17)9(4-10)5-13/h2-4,6-7,16-17H,1H3. The number of benzene rings is 1. The Kier molecular flexibility index (Phi) is 2.96. The van der Waals surface area contributed by atoms with Gasteiger partial charge in [-0.05, 0) is 24.5 Å². The zero-order chi connectivity index (χ0) is 12.4. The molecule has 1 aromatic heterocycles. The van der Waals surface area contributed by atoms with Gasteiger partial charge in [0.1, 0.15) is 0 Å². The summed E-state index contributed by atoms with van der Waals surface area (Å²) < 4.78 is 1.77. The molecule has 1 aromatic carbocycles. The van der Waals surface area contributed by atoms with Gasteiger partial charge in [-0.1, -0.05) is 6.07 Å². The monoisotopic (exact) mass is 227 g/mol. The van der Waals surface area contributed by atoms with Crippen LogP contribution in [0.15, 0.2) is 30.7 Å². The molecule has 0 amide bonds. The number of hydrogen-bond donors (Lipinski definition) is 2. The van der Waals surface area contributed by atoms with E-state index < -0.39 is 7.12 Å². The van der Waals surface area contributed by atoms with Crippen molar-refractivity contribution in [3.8, 4) is 11.8 Å². The molecule has 0 atom stereocenters. The van der Waals surface area contributed by atoms with Crippen LogP contribution in [0.25, 0.3) is 5.69 Å². The first-order valence-corrected chi connectivity index (χ1v) is 5.03. The van der Waals surface area contributed by atoms with Crippen molar-refractivity contribution in [2.45, 2.75) is 6.92 Å². The highest BCUT2D eigenvalue weighted by Crippen LogP contribution is 2.09. The van der Waals surface area contributed by atoms with Crippen molar-refractivity contribution in [3.63, 3.8) is 0 Å². The van der Waals surface area contributed by atoms with Crippen LogP contribution in [0.1, 0.15) is 11.3 Å². The van der Waals surface area contributed by atoms with Crippen LogP contribution in [0.2, 0.25) is 0 Å². The molecular weight excluding hydrogens is 217 g/mol. The Morgan fingerprint density at radius 2 is 2.18 bits per heavy atom. The highest BCUT2D eigenvalue weighted by atomic mass is 16.4. The normalized spacial score (nSPS) is 10.0. The van der Waals surface area contributed by atoms with E-state index in [9.17, 15) is 0 Å². The van der Waals surface area contributed by atoms with Gasteiger partial charge in [-0.25, -0.2) is 4.98 Å². The Hall–Kier alpha value is -2.10. The van der Waals surface area contributed by atoms with Gasteiger partial charge in [0.05, 0.1) is 23.7 Å². The van der Waals surface area contributed by atoms with E-state index in [0.717, 1.165) is 11.4 Å². The topological polar surface area (TPSA) is 82.1 Å². The molecule has 0 saturated heterocycles. The number of aryl methyl sites for hydroxylation is 1. The molecule has 1 heterocycles. The third-order valence-corrected chi connectivity index (χ3v) is 2.45. The van der Waals surface area contributed by atoms with Gasteiger partial charge >= 0.3 is 7.12 Å². The van der Waals surface area contributed by atoms with E-state index in [1.807, 2.05) is 19.2 Å². The Balaban J connectivity index is 2.49. The summed E-state index contributed by atoms with van der Waals surface area (Å²) in [7, 11) is -1.64. The summed E-state index contributed by atoms with van der Waals surface area (Å²) in [5.74, 6) is 0. The Morgan fingerprint density at radius 3 is 2.71 bits per heavy atom. The molecule has 0 aliphatic carbocycles. The maximum atomic E-state index is 9.09. The summed E-state index contributed by atoms with van der Waals surface area (Å²) in [5.41, 5.74) is 2.07. The summed E-state index contributed by atoms with van der Waals surface area (Å²) in [6.07, 6.45) is 3.46. The second-order valence-electron chi connectivity index (χ2n) is 3.68. The van der Waals surface area contributed by atoms with E-state index in [1.54, 1.807) is 23.0 Å². The molecule has 2 rings (SSSR count). The number of rotatable bonds is 2. The first kappa shape index (κ1) is 11.4. The van der Waals surface area contributed by atoms with Crippen LogP contribution in [0.5, 0.6) is 0 Å². The SMILES string of the molecule is Cc1cn(-c2ccc(B(O)O)c(C#N)c2)cn1. The lowest BCUT2D eigenvalue weighted by Gasteiger charge is -2.06. The van der Waals surface area contributed by atoms with Crippen molar-refractivity contribution >= 4 is 12.6 Å². The first-order valence-electron chi connectivity index (χ1n) is 5.03. The fraction of sp³-hybridized carbons (Fsp3) is 0.0909. The third-order valence-electron chi connectivity index (χ3n) is 2.45. The lowest BCUT2D eigenvalue weighted by atomic mass is 9.77. The number of imidazole rings is 1. The van der Waals surface area contributed by atoms with Gasteiger partial charge in [0.2, 0.25) is 0 Å². The second kappa shape index (κ2) is 4.41. The molecule has 84 valence electrons. The van der Waals surface area contributed by atoms with Gasteiger partial charge in [0.25, 0.3) is 0 Å². The van der Waals surface area contributed by atoms with Crippen LogP contribution >= 0.6 is 0 Å². The molecule has 2 aromatic rings. The Labute approximate surface area is 98.7 Å². The minimum atomic E-state index is -1.64. The molecule has 0 fully saturated rings. The average molecular weight is 227 g/mol. The van der Waals surface area contributed by atoms with Gasteiger partial charge < -0.3 is 14.6 Å². The number of nitriles is 1. The lowest BCUT2D eigenvalue weighted by molar-refractivity contribution is 0.425. The van der Waals surface area contributed by atoms with Gasteiger partial charge in [0.15, 0.2) is 0 Å². The number of nitrogens with zero attached hydrogens (tertiary/aromatic N) is 3. The minimum Gasteiger partial charge on any atom is -0.423 e. The van der Waals surface area contributed by atoms with E-state index in [4.69, 9.17) is 15.3 Å². The van der Waals surface area contributed by atoms with Crippen LogP contribution in [0.4, 0.5) is 0 Å². The van der Waals surface area contributed by atoms with E-state index in [-0.39, 0.29) is 11.0 Å². The van der Waals surface area contributed by atoms with Crippen LogP contribution < -0.4 is 5.46 Å². The minimum absolute atomic E-state index is 0.202. The quantitative estimate of drug-likeness (QED) is 0.692. The summed E-state index contributed by atoms with van der Waals surface area (Å²) in [4.78, 5) is 4.09. The van der Waals surface area contributed by atoms with E-state index in [1.165, 1.54) is 6.07 Å². The molecule has 0 aliphatic rings. The molecule has 0 radical (unpaired) electrons. The highest BCUT2D eigenvalue weighted by Gasteiger charge is 2.16. The number of aromatic nitrogens is 2. The van der Waals surface area contributed by atoms with Gasteiger partial charge in [-0.3, -0.25) is 0 Å². The fourth-order valence-electron chi connectivity index (χ4n) is 1.59. The summed E-state index contributed by atoms with van der Waals surface area (Å²) >= 11 is 0. The highest BCUT2D eigenvalue weighted by molar-refractivity contribution is 6.59. The molecule has 0 bridgehead atoms. The largest absolute Gasteiger partial charge is 0.489 e. The van der Waals surface area contributed by atoms with Gasteiger partial charge in [-0.15, -0.1) is 0 Å². The summed E-state index contributed by atoms with van der Waals surface area (Å²) in [6, 6.07) is 6.76. The Bertz CT molecular complexity index is 587. The second-order valence-corrected chi connectivity index (χ2v) is 3.68. The van der Waals surface area contributed by atoms with Crippen LogP contribution in [-0.2, 0) is 0 Å². The molecule has 0 aliphatic heterocycles. The molecule has 17 heavy (non-hydrogen) atoms. The lowest BCUT2D eigenvalue weighted by Crippen LogP contribution is -2.32. The van der Waals surface area contributed by atoms with Gasteiger partial charge in [-0.2, -0.15) is 5.26 Å². The van der Waals surface area contributed by atoms with Crippen molar-refractivity contribution in [3.05, 3.63) is 42.0 Å². The first-order chi connectivity index (χ1) is 8.11. The van der Waals surface area contributed by atoms with Crippen LogP contribution in [-0.4, -0.2) is 26.7 Å². The van der Waals surface area contributed by atoms with Crippen molar-refractivity contribution in [2.75, 3.05) is 0 Å². The molecule has 0 spiro atoms. The van der Waals surface area contributed by atoms with Crippen molar-refractivity contribution in [1.82, 2.24) is 9.55 Å². The van der Waals surface area contributed by atoms with E-state index in [2.05, 4.69) is 4.98 Å². The fourth-order valence-corrected chi connectivity index (χ4v) is 1.59. The predicted molar refractivity (Wildman–Crippen MR) is 62.8 cm³/mol. The molecule has 2 N–H and O–H groups in total. The Morgan fingerprint density at radius 1 is 1.41 bits per heavy atom. The zero-order valence-corrected chi connectivity index (χ0v) is 9.20. The average Bonchev–Trinajstić information content (AvgIpc) is 2.75. The molecule has 5 nitrogen and oxygen atoms in total. The van der Waals surface area contributed by atoms with Crippen molar-refractivity contribution in [2.24, 2.45) is 0 Å². The molecular formula is C11H10BN3O2. The third kappa shape index (κ3) is 2.20. The van der Waals surface area contributed by atoms with Crippen molar-refractivity contribution < 1.29 is 10.0 Å². The smallest absolute Gasteiger partial charge is 0.423 e. The molecule has 0 unspecified atom stereocenters. The summed E-state index contributed by atoms with van der Waals surface area (Å²) in [5, 5.41) is 27.1. The molecule has 0 saturated carbocycles. The maximum Gasteiger partial charge on any atom is 0.489 e. The zero-order valence-electron chi connectivity index (χ0n) is 9.20. The van der Waals surface area contributed by atoms with E-state index >= 15 is 0 Å². The van der Waals surface area contributed by atoms with E-state index in [0.29, 0.717) is 0 Å². The van der Waals surface area contributed by atoms with Crippen molar-refractivity contribution in [1.29, 1.82) is 5.26 Å². The summed E-state index contributed by atoms with van der Waals surface area (Å²) in [6.45, 7) is 1.87. The van der Waals surface area contributed by atoms with Crippen LogP contribution in [0.3, 0.4) is 0 Å². The molecule has 6 heteroatoms. The van der Waals surface area contributed by atoms with Gasteiger partial charge in [0, 0.05) is 11.9 Å². The predicted octanol–water partition coefficient (Wildman–Crippen LogP) is -0.268. The number of hydrogen-bond acceptors (Lipinski definition) is 4. The maximum absolute atomic E-state index is 9.09. The van der Waals surface area contributed by atoms with Crippen LogP contribution in [0, 0.1) is 18.3 Å².